The number of carbonyl (C=O) groups excluding carboxylic acids is 2. The number of rotatable bonds is 5. The molecule has 0 aliphatic heterocycles. The highest BCUT2D eigenvalue weighted by Crippen LogP contribution is 2.32. The Morgan fingerprint density at radius 1 is 1.00 bits per heavy atom. The fourth-order valence-corrected chi connectivity index (χ4v) is 2.44. The van der Waals surface area contributed by atoms with E-state index in [0.29, 0.717) is 11.1 Å². The molecule has 2 N–H and O–H groups in total. The Hall–Kier alpha value is -3.55. The lowest BCUT2D eigenvalue weighted by Crippen LogP contribution is -2.10. The van der Waals surface area contributed by atoms with Crippen LogP contribution in [0, 0.1) is 0 Å². The topological polar surface area (TPSA) is 82.5 Å². The quantitative estimate of drug-likeness (QED) is 0.655. The Labute approximate surface area is 157 Å². The third kappa shape index (κ3) is 4.40. The van der Waals surface area contributed by atoms with Crippen LogP contribution in [0.15, 0.2) is 65.1 Å². The molecule has 0 fully saturated rings. The van der Waals surface area contributed by atoms with Crippen LogP contribution < -0.4 is 5.73 Å². The number of amides is 1. The molecule has 0 saturated heterocycles. The summed E-state index contributed by atoms with van der Waals surface area (Å²) in [4.78, 5) is 23.1. The van der Waals surface area contributed by atoms with Gasteiger partial charge in [-0.15, -0.1) is 0 Å². The van der Waals surface area contributed by atoms with Crippen LogP contribution in [0.25, 0.3) is 11.3 Å². The van der Waals surface area contributed by atoms with Gasteiger partial charge < -0.3 is 14.9 Å². The second-order valence-corrected chi connectivity index (χ2v) is 5.88. The highest BCUT2D eigenvalue weighted by molar-refractivity contribution is 5.92. The maximum absolute atomic E-state index is 12.8. The number of nitrogens with two attached hydrogens (primary N) is 1. The molecular formula is C20H14F3NO4. The lowest BCUT2D eigenvalue weighted by molar-refractivity contribution is -0.137. The van der Waals surface area contributed by atoms with Gasteiger partial charge in [-0.3, -0.25) is 4.79 Å². The zero-order chi connectivity index (χ0) is 20.3. The summed E-state index contributed by atoms with van der Waals surface area (Å²) < 4.78 is 48.9. The van der Waals surface area contributed by atoms with Gasteiger partial charge in [0, 0.05) is 11.1 Å². The standard InChI is InChI=1S/C20H14F3NO4/c21-20(22,23)15-3-1-2-14(10-15)16-8-9-17(28-16)19(26)27-11-12-4-6-13(7-5-12)18(24)25/h1-10H,11H2,(H2,24,25). The molecule has 0 spiro atoms. The fraction of sp³-hybridized carbons (Fsp3) is 0.100. The lowest BCUT2D eigenvalue weighted by Gasteiger charge is -2.07. The van der Waals surface area contributed by atoms with Gasteiger partial charge >= 0.3 is 12.1 Å². The predicted molar refractivity (Wildman–Crippen MR) is 93.2 cm³/mol. The van der Waals surface area contributed by atoms with Gasteiger partial charge in [-0.25, -0.2) is 4.79 Å². The molecule has 3 rings (SSSR count). The molecule has 28 heavy (non-hydrogen) atoms. The van der Waals surface area contributed by atoms with E-state index < -0.39 is 23.6 Å². The molecule has 144 valence electrons. The third-order valence-corrected chi connectivity index (χ3v) is 3.89. The first kappa shape index (κ1) is 19.2. The molecular weight excluding hydrogens is 375 g/mol. The summed E-state index contributed by atoms with van der Waals surface area (Å²) in [7, 11) is 0. The van der Waals surface area contributed by atoms with E-state index >= 15 is 0 Å². The zero-order valence-electron chi connectivity index (χ0n) is 14.3. The van der Waals surface area contributed by atoms with Crippen molar-refractivity contribution in [3.8, 4) is 11.3 Å². The van der Waals surface area contributed by atoms with Gasteiger partial charge in [-0.1, -0.05) is 24.3 Å². The van der Waals surface area contributed by atoms with E-state index in [4.69, 9.17) is 14.9 Å². The van der Waals surface area contributed by atoms with Crippen LogP contribution in [0.2, 0.25) is 0 Å². The highest BCUT2D eigenvalue weighted by atomic mass is 19.4. The average molecular weight is 389 g/mol. The second kappa shape index (κ2) is 7.59. The zero-order valence-corrected chi connectivity index (χ0v) is 14.3. The SMILES string of the molecule is NC(=O)c1ccc(COC(=O)c2ccc(-c3cccc(C(F)(F)F)c3)o2)cc1. The lowest BCUT2D eigenvalue weighted by atomic mass is 10.1. The number of alkyl halides is 3. The van der Waals surface area contributed by atoms with Crippen molar-refractivity contribution >= 4 is 11.9 Å². The van der Waals surface area contributed by atoms with Gasteiger partial charge in [-0.2, -0.15) is 13.2 Å². The Morgan fingerprint density at radius 2 is 1.71 bits per heavy atom. The van der Waals surface area contributed by atoms with Crippen molar-refractivity contribution in [3.63, 3.8) is 0 Å². The van der Waals surface area contributed by atoms with Crippen molar-refractivity contribution in [1.82, 2.24) is 0 Å². The summed E-state index contributed by atoms with van der Waals surface area (Å²) >= 11 is 0. The number of halogens is 3. The van der Waals surface area contributed by atoms with E-state index in [1.165, 1.54) is 36.4 Å². The van der Waals surface area contributed by atoms with Crippen LogP contribution >= 0.6 is 0 Å². The predicted octanol–water partition coefficient (Wildman–Crippen LogP) is 4.42. The van der Waals surface area contributed by atoms with Crippen LogP contribution in [-0.2, 0) is 17.5 Å². The van der Waals surface area contributed by atoms with Crippen LogP contribution in [-0.4, -0.2) is 11.9 Å². The largest absolute Gasteiger partial charge is 0.455 e. The average Bonchev–Trinajstić information content (AvgIpc) is 3.16. The van der Waals surface area contributed by atoms with Gasteiger partial charge in [0.25, 0.3) is 0 Å². The van der Waals surface area contributed by atoms with Crippen molar-refractivity contribution < 1.29 is 31.9 Å². The summed E-state index contributed by atoms with van der Waals surface area (Å²) in [5.41, 5.74) is 5.48. The molecule has 0 radical (unpaired) electrons. The molecule has 0 bridgehead atoms. The van der Waals surface area contributed by atoms with Crippen LogP contribution in [0.5, 0.6) is 0 Å². The van der Waals surface area contributed by atoms with E-state index in [9.17, 15) is 22.8 Å². The molecule has 0 aliphatic carbocycles. The van der Waals surface area contributed by atoms with Crippen molar-refractivity contribution in [3.05, 3.63) is 83.1 Å². The van der Waals surface area contributed by atoms with E-state index in [1.807, 2.05) is 0 Å². The first-order valence-electron chi connectivity index (χ1n) is 8.07. The van der Waals surface area contributed by atoms with Crippen molar-refractivity contribution in [2.75, 3.05) is 0 Å². The van der Waals surface area contributed by atoms with Gasteiger partial charge in [-0.05, 0) is 42.0 Å². The Kier molecular flexibility index (Phi) is 5.21. The normalized spacial score (nSPS) is 11.2. The summed E-state index contributed by atoms with van der Waals surface area (Å²) in [5, 5.41) is 0. The minimum Gasteiger partial charge on any atom is -0.455 e. The summed E-state index contributed by atoms with van der Waals surface area (Å²) in [6.07, 6.45) is -4.48. The molecule has 5 nitrogen and oxygen atoms in total. The molecule has 0 saturated carbocycles. The molecule has 0 atom stereocenters. The van der Waals surface area contributed by atoms with E-state index in [0.717, 1.165) is 12.1 Å². The van der Waals surface area contributed by atoms with Gasteiger partial charge in [0.05, 0.1) is 5.56 Å². The van der Waals surface area contributed by atoms with Gasteiger partial charge in [0.1, 0.15) is 12.4 Å². The minimum atomic E-state index is -4.48. The smallest absolute Gasteiger partial charge is 0.416 e. The van der Waals surface area contributed by atoms with Crippen LogP contribution in [0.1, 0.15) is 32.0 Å². The number of esters is 1. The summed E-state index contributed by atoms with van der Waals surface area (Å²) in [6, 6.07) is 13.5. The monoisotopic (exact) mass is 389 g/mol. The maximum Gasteiger partial charge on any atom is 0.416 e. The molecule has 1 amide bonds. The number of hydrogen-bond acceptors (Lipinski definition) is 4. The summed E-state index contributed by atoms with van der Waals surface area (Å²) in [6.45, 7) is -0.0720. The first-order valence-corrected chi connectivity index (χ1v) is 8.07. The third-order valence-electron chi connectivity index (χ3n) is 3.89. The Bertz CT molecular complexity index is 1010. The Morgan fingerprint density at radius 3 is 2.36 bits per heavy atom. The molecule has 0 aliphatic rings. The molecule has 8 heteroatoms. The summed E-state index contributed by atoms with van der Waals surface area (Å²) in [5.74, 6) is -1.36. The van der Waals surface area contributed by atoms with Crippen LogP contribution in [0.3, 0.4) is 0 Å². The number of furan rings is 1. The molecule has 2 aromatic carbocycles. The van der Waals surface area contributed by atoms with Gasteiger partial charge in [0.15, 0.2) is 0 Å². The minimum absolute atomic E-state index is 0.0720. The van der Waals surface area contributed by atoms with E-state index in [-0.39, 0.29) is 23.7 Å². The molecule has 0 unspecified atom stereocenters. The van der Waals surface area contributed by atoms with Crippen molar-refractivity contribution in [1.29, 1.82) is 0 Å². The van der Waals surface area contributed by atoms with Crippen molar-refractivity contribution in [2.24, 2.45) is 5.73 Å². The van der Waals surface area contributed by atoms with Gasteiger partial charge in [0.2, 0.25) is 11.7 Å². The maximum atomic E-state index is 12.8. The second-order valence-electron chi connectivity index (χ2n) is 5.88. The number of ether oxygens (including phenoxy) is 1. The Balaban J connectivity index is 1.68. The molecule has 1 heterocycles. The van der Waals surface area contributed by atoms with E-state index in [2.05, 4.69) is 0 Å². The van der Waals surface area contributed by atoms with Crippen molar-refractivity contribution in [2.45, 2.75) is 12.8 Å². The van der Waals surface area contributed by atoms with Crippen LogP contribution in [0.4, 0.5) is 13.2 Å². The van der Waals surface area contributed by atoms with E-state index in [1.54, 1.807) is 12.1 Å². The molecule has 1 aromatic heterocycles. The highest BCUT2D eigenvalue weighted by Gasteiger charge is 2.30. The fourth-order valence-electron chi connectivity index (χ4n) is 2.44. The molecule has 3 aromatic rings. The number of benzene rings is 2. The number of carbonyl (C=O) groups is 2. The number of hydrogen-bond donors (Lipinski definition) is 1. The number of primary amides is 1. The first-order chi connectivity index (χ1) is 13.2.